The number of rotatable bonds is 4. The van der Waals surface area contributed by atoms with Crippen molar-refractivity contribution in [3.05, 3.63) is 71.4 Å². The lowest BCUT2D eigenvalue weighted by molar-refractivity contribution is -0.122. The zero-order valence-corrected chi connectivity index (χ0v) is 17.1. The van der Waals surface area contributed by atoms with Crippen LogP contribution in [0.4, 0.5) is 5.69 Å². The molecule has 2 aromatic carbocycles. The lowest BCUT2D eigenvalue weighted by Crippen LogP contribution is -2.54. The number of carbonyl (C=O) groups excluding carboxylic acids is 2. The number of nitrogens with one attached hydrogen (secondary N) is 1. The summed E-state index contributed by atoms with van der Waals surface area (Å²) in [5, 5.41) is 3.75. The first-order chi connectivity index (χ1) is 14.0. The molecule has 146 valence electrons. The molecule has 1 saturated heterocycles. The summed E-state index contributed by atoms with van der Waals surface area (Å²) in [6.45, 7) is 4.92. The molecule has 2 amide bonds. The van der Waals surface area contributed by atoms with E-state index in [9.17, 15) is 9.59 Å². The van der Waals surface area contributed by atoms with E-state index in [-0.39, 0.29) is 10.7 Å². The molecule has 5 nitrogen and oxygen atoms in total. The van der Waals surface area contributed by atoms with Crippen LogP contribution < -0.4 is 10.2 Å². The van der Waals surface area contributed by atoms with Crippen molar-refractivity contribution in [2.45, 2.75) is 26.8 Å². The second-order valence-electron chi connectivity index (χ2n) is 7.09. The van der Waals surface area contributed by atoms with Crippen LogP contribution in [0, 0.1) is 6.92 Å². The van der Waals surface area contributed by atoms with Crippen LogP contribution >= 0.6 is 12.2 Å². The molecule has 0 spiro atoms. The fourth-order valence-corrected chi connectivity index (χ4v) is 3.91. The van der Waals surface area contributed by atoms with Crippen LogP contribution in [-0.4, -0.2) is 21.5 Å². The van der Waals surface area contributed by atoms with E-state index < -0.39 is 11.8 Å². The van der Waals surface area contributed by atoms with Crippen LogP contribution in [-0.2, 0) is 16.1 Å². The van der Waals surface area contributed by atoms with E-state index in [1.165, 1.54) is 4.90 Å². The molecular weight excluding hydrogens is 382 g/mol. The van der Waals surface area contributed by atoms with Crippen LogP contribution in [0.3, 0.4) is 0 Å². The Balaban J connectivity index is 1.81. The van der Waals surface area contributed by atoms with E-state index in [1.807, 2.05) is 55.6 Å². The molecule has 0 unspecified atom stereocenters. The Morgan fingerprint density at radius 2 is 1.90 bits per heavy atom. The number of hydrogen-bond donors (Lipinski definition) is 1. The molecular formula is C23H21N3O2S. The number of thiocarbonyl (C=S) groups is 1. The van der Waals surface area contributed by atoms with Gasteiger partial charge < -0.3 is 4.57 Å². The number of carbonyl (C=O) groups is 2. The van der Waals surface area contributed by atoms with E-state index in [1.54, 1.807) is 12.1 Å². The highest BCUT2D eigenvalue weighted by atomic mass is 32.1. The molecule has 0 radical (unpaired) electrons. The smallest absolute Gasteiger partial charge is 0.270 e. The molecule has 2 heterocycles. The number of benzene rings is 2. The zero-order valence-electron chi connectivity index (χ0n) is 16.3. The Bertz CT molecular complexity index is 1180. The summed E-state index contributed by atoms with van der Waals surface area (Å²) >= 11 is 5.28. The van der Waals surface area contributed by atoms with E-state index >= 15 is 0 Å². The normalized spacial score (nSPS) is 16.0. The monoisotopic (exact) mass is 403 g/mol. The van der Waals surface area contributed by atoms with Gasteiger partial charge in [0.05, 0.1) is 5.69 Å². The molecule has 6 heteroatoms. The number of amides is 2. The zero-order chi connectivity index (χ0) is 20.5. The van der Waals surface area contributed by atoms with Gasteiger partial charge >= 0.3 is 0 Å². The molecule has 0 saturated carbocycles. The average molecular weight is 404 g/mol. The van der Waals surface area contributed by atoms with Gasteiger partial charge in [0.15, 0.2) is 5.11 Å². The number of aromatic nitrogens is 1. The van der Waals surface area contributed by atoms with Gasteiger partial charge in [-0.3, -0.25) is 19.8 Å². The number of aryl methyl sites for hydroxylation is 2. The average Bonchev–Trinajstić information content (AvgIpc) is 3.03. The number of hydrogen-bond acceptors (Lipinski definition) is 3. The van der Waals surface area contributed by atoms with Gasteiger partial charge in [0.25, 0.3) is 11.8 Å². The van der Waals surface area contributed by atoms with Crippen molar-refractivity contribution in [3.8, 4) is 0 Å². The van der Waals surface area contributed by atoms with E-state index in [4.69, 9.17) is 12.2 Å². The summed E-state index contributed by atoms with van der Waals surface area (Å²) < 4.78 is 2.15. The van der Waals surface area contributed by atoms with Crippen molar-refractivity contribution in [1.29, 1.82) is 0 Å². The van der Waals surface area contributed by atoms with Gasteiger partial charge in [-0.2, -0.15) is 0 Å². The third kappa shape index (κ3) is 3.47. The van der Waals surface area contributed by atoms with Crippen LogP contribution in [0.5, 0.6) is 0 Å². The first-order valence-corrected chi connectivity index (χ1v) is 9.96. The SMILES string of the molecule is CCCn1cc(/C=C2\C(=O)NC(=S)N(c3cccc(C)c3)C2=O)c2ccccc21. The number of anilines is 1. The quantitative estimate of drug-likeness (QED) is 0.404. The Kier molecular flexibility index (Phi) is 5.03. The summed E-state index contributed by atoms with van der Waals surface area (Å²) in [4.78, 5) is 27.2. The molecule has 0 aliphatic carbocycles. The van der Waals surface area contributed by atoms with Gasteiger partial charge in [-0.05, 0) is 55.4 Å². The van der Waals surface area contributed by atoms with E-state index in [2.05, 4.69) is 16.8 Å². The standard InChI is InChI=1S/C23H21N3O2S/c1-3-11-25-14-16(18-9-4-5-10-20(18)25)13-19-21(27)24-23(29)26(22(19)28)17-8-6-7-15(2)12-17/h4-10,12-14H,3,11H2,1-2H3,(H,24,27,29)/b19-13+. The first-order valence-electron chi connectivity index (χ1n) is 9.55. The summed E-state index contributed by atoms with van der Waals surface area (Å²) in [5.41, 5.74) is 3.63. The maximum Gasteiger partial charge on any atom is 0.270 e. The maximum absolute atomic E-state index is 13.2. The van der Waals surface area contributed by atoms with Gasteiger partial charge in [-0.15, -0.1) is 0 Å². The highest BCUT2D eigenvalue weighted by Gasteiger charge is 2.34. The van der Waals surface area contributed by atoms with Crippen molar-refractivity contribution in [1.82, 2.24) is 9.88 Å². The molecule has 1 aliphatic heterocycles. The van der Waals surface area contributed by atoms with E-state index in [0.29, 0.717) is 5.69 Å². The minimum absolute atomic E-state index is 0.0690. The van der Waals surface area contributed by atoms with Crippen molar-refractivity contribution in [2.24, 2.45) is 0 Å². The third-order valence-electron chi connectivity index (χ3n) is 4.95. The lowest BCUT2D eigenvalue weighted by atomic mass is 10.1. The summed E-state index contributed by atoms with van der Waals surface area (Å²) in [5.74, 6) is -0.895. The third-order valence-corrected chi connectivity index (χ3v) is 5.23. The van der Waals surface area contributed by atoms with Crippen molar-refractivity contribution < 1.29 is 9.59 Å². The summed E-state index contributed by atoms with van der Waals surface area (Å²) in [6.07, 6.45) is 4.64. The first kappa shape index (κ1) is 19.1. The molecule has 0 bridgehead atoms. The molecule has 0 atom stereocenters. The number of fused-ring (bicyclic) bond motifs is 1. The molecule has 1 aromatic heterocycles. The largest absolute Gasteiger partial charge is 0.347 e. The van der Waals surface area contributed by atoms with Crippen LogP contribution in [0.2, 0.25) is 0 Å². The summed E-state index contributed by atoms with van der Waals surface area (Å²) in [7, 11) is 0. The minimum Gasteiger partial charge on any atom is -0.347 e. The minimum atomic E-state index is -0.476. The van der Waals surface area contributed by atoms with Gasteiger partial charge in [-0.25, -0.2) is 0 Å². The Labute approximate surface area is 174 Å². The highest BCUT2D eigenvalue weighted by molar-refractivity contribution is 7.80. The topological polar surface area (TPSA) is 54.3 Å². The molecule has 4 rings (SSSR count). The number of nitrogens with zero attached hydrogens (tertiary/aromatic N) is 2. The van der Waals surface area contributed by atoms with Gasteiger partial charge in [0.1, 0.15) is 5.57 Å². The predicted molar refractivity (Wildman–Crippen MR) is 120 cm³/mol. The summed E-state index contributed by atoms with van der Waals surface area (Å²) in [6, 6.07) is 15.5. The second-order valence-corrected chi connectivity index (χ2v) is 7.48. The fraction of sp³-hybridized carbons (Fsp3) is 0.174. The van der Waals surface area contributed by atoms with Gasteiger partial charge in [-0.1, -0.05) is 37.3 Å². The highest BCUT2D eigenvalue weighted by Crippen LogP contribution is 2.27. The van der Waals surface area contributed by atoms with Crippen LogP contribution in [0.25, 0.3) is 17.0 Å². The van der Waals surface area contributed by atoms with E-state index in [0.717, 1.165) is 35.0 Å². The lowest BCUT2D eigenvalue weighted by Gasteiger charge is -2.29. The predicted octanol–water partition coefficient (Wildman–Crippen LogP) is 4.19. The van der Waals surface area contributed by atoms with Gasteiger partial charge in [0.2, 0.25) is 0 Å². The van der Waals surface area contributed by atoms with Gasteiger partial charge in [0, 0.05) is 29.2 Å². The Morgan fingerprint density at radius 1 is 1.10 bits per heavy atom. The molecule has 3 aromatic rings. The van der Waals surface area contributed by atoms with Crippen LogP contribution in [0.15, 0.2) is 60.3 Å². The van der Waals surface area contributed by atoms with Crippen molar-refractivity contribution in [2.75, 3.05) is 4.90 Å². The maximum atomic E-state index is 13.2. The molecule has 1 fully saturated rings. The van der Waals surface area contributed by atoms with Crippen LogP contribution in [0.1, 0.15) is 24.5 Å². The number of para-hydroxylation sites is 1. The van der Waals surface area contributed by atoms with Crippen molar-refractivity contribution >= 4 is 51.8 Å². The fourth-order valence-electron chi connectivity index (χ4n) is 3.63. The molecule has 1 N–H and O–H groups in total. The van der Waals surface area contributed by atoms with Crippen molar-refractivity contribution in [3.63, 3.8) is 0 Å². The second kappa shape index (κ2) is 7.64. The Morgan fingerprint density at radius 3 is 2.66 bits per heavy atom. The Hall–Kier alpha value is -3.25. The molecule has 1 aliphatic rings. The molecule has 29 heavy (non-hydrogen) atoms.